The molecule has 0 amide bonds. The van der Waals surface area contributed by atoms with E-state index in [4.69, 9.17) is 4.74 Å². The summed E-state index contributed by atoms with van der Waals surface area (Å²) in [4.78, 5) is 14.5. The maximum Gasteiger partial charge on any atom is 0.338 e. The summed E-state index contributed by atoms with van der Waals surface area (Å²) in [6.07, 6.45) is 6.12. The Bertz CT molecular complexity index is 1210. The Labute approximate surface area is 181 Å². The second-order valence-corrected chi connectivity index (χ2v) is 7.84. The molecule has 0 radical (unpaired) electrons. The van der Waals surface area contributed by atoms with Crippen LogP contribution in [-0.2, 0) is 17.7 Å². The molecule has 0 aliphatic carbocycles. The first-order valence-corrected chi connectivity index (χ1v) is 10.8. The van der Waals surface area contributed by atoms with E-state index in [1.807, 2.05) is 48.1 Å². The highest BCUT2D eigenvalue weighted by Crippen LogP contribution is 2.36. The molecule has 0 atom stereocenters. The third kappa shape index (κ3) is 3.67. The van der Waals surface area contributed by atoms with Crippen LogP contribution in [0.15, 0.2) is 73.1 Å². The van der Waals surface area contributed by atoms with Gasteiger partial charge in [0.25, 0.3) is 0 Å². The van der Waals surface area contributed by atoms with Crippen LogP contribution in [0.4, 0.5) is 5.69 Å². The predicted octanol–water partition coefficient (Wildman–Crippen LogP) is 5.13. The van der Waals surface area contributed by atoms with Crippen LogP contribution in [0.25, 0.3) is 16.6 Å². The Balaban J connectivity index is 1.53. The Morgan fingerprint density at radius 3 is 2.65 bits per heavy atom. The number of aryl methyl sites for hydroxylation is 1. The number of carbonyl (C=O) groups is 1. The number of ether oxygens (including phenoxy) is 1. The first-order valence-electron chi connectivity index (χ1n) is 10.8. The van der Waals surface area contributed by atoms with Gasteiger partial charge in [-0.3, -0.25) is 0 Å². The topological polar surface area (TPSA) is 46.8 Å². The SMILES string of the molecule is CCOC(=O)c1ccc(-c2cnn3ccc4c(c23)CCCN4Cc2ccccc2)cc1. The summed E-state index contributed by atoms with van der Waals surface area (Å²) in [5, 5.41) is 4.61. The van der Waals surface area contributed by atoms with Crippen LogP contribution >= 0.6 is 0 Å². The molecule has 0 saturated heterocycles. The number of hydrogen-bond acceptors (Lipinski definition) is 4. The van der Waals surface area contributed by atoms with E-state index in [0.29, 0.717) is 12.2 Å². The maximum absolute atomic E-state index is 12.0. The maximum atomic E-state index is 12.0. The standard InChI is InChI=1S/C26H25N3O2/c1-2-31-26(30)21-12-10-20(11-13-21)23-17-27-29-16-14-24-22(25(23)29)9-6-15-28(24)18-19-7-4-3-5-8-19/h3-5,7-8,10-14,16-17H,2,6,9,15,18H2,1H3. The molecule has 5 nitrogen and oxygen atoms in total. The Hall–Kier alpha value is -3.60. The summed E-state index contributed by atoms with van der Waals surface area (Å²) >= 11 is 0. The molecule has 0 unspecified atom stereocenters. The zero-order valence-corrected chi connectivity index (χ0v) is 17.6. The van der Waals surface area contributed by atoms with Crippen LogP contribution in [0, 0.1) is 0 Å². The van der Waals surface area contributed by atoms with Crippen LogP contribution in [-0.4, -0.2) is 28.7 Å². The molecule has 4 aromatic rings. The third-order valence-electron chi connectivity index (χ3n) is 5.88. The number of esters is 1. The van der Waals surface area contributed by atoms with Crippen LogP contribution < -0.4 is 4.90 Å². The van der Waals surface area contributed by atoms with Crippen LogP contribution in [0.5, 0.6) is 0 Å². The first kappa shape index (κ1) is 19.4. The molecule has 2 aromatic carbocycles. The van der Waals surface area contributed by atoms with Crippen molar-refractivity contribution in [3.63, 3.8) is 0 Å². The molecule has 0 spiro atoms. The monoisotopic (exact) mass is 411 g/mol. The molecule has 0 fully saturated rings. The van der Waals surface area contributed by atoms with Gasteiger partial charge >= 0.3 is 5.97 Å². The van der Waals surface area contributed by atoms with Crippen molar-refractivity contribution in [2.45, 2.75) is 26.3 Å². The van der Waals surface area contributed by atoms with Gasteiger partial charge in [-0.05, 0) is 49.1 Å². The fourth-order valence-corrected chi connectivity index (χ4v) is 4.43. The van der Waals surface area contributed by atoms with Crippen molar-refractivity contribution in [2.75, 3.05) is 18.1 Å². The van der Waals surface area contributed by atoms with Crippen molar-refractivity contribution >= 4 is 17.2 Å². The Kier molecular flexibility index (Phi) is 5.16. The smallest absolute Gasteiger partial charge is 0.338 e. The minimum absolute atomic E-state index is 0.289. The molecule has 5 rings (SSSR count). The number of anilines is 1. The van der Waals surface area contributed by atoms with Crippen molar-refractivity contribution < 1.29 is 9.53 Å². The zero-order chi connectivity index (χ0) is 21.2. The van der Waals surface area contributed by atoms with E-state index < -0.39 is 0 Å². The molecule has 2 aromatic heterocycles. The summed E-state index contributed by atoms with van der Waals surface area (Å²) in [6, 6.07) is 20.4. The van der Waals surface area contributed by atoms with Gasteiger partial charge in [-0.1, -0.05) is 42.5 Å². The highest BCUT2D eigenvalue weighted by Gasteiger charge is 2.22. The molecule has 156 valence electrons. The van der Waals surface area contributed by atoms with Crippen LogP contribution in [0.2, 0.25) is 0 Å². The van der Waals surface area contributed by atoms with E-state index in [-0.39, 0.29) is 5.97 Å². The quantitative estimate of drug-likeness (QED) is 0.427. The van der Waals surface area contributed by atoms with Gasteiger partial charge in [0.2, 0.25) is 0 Å². The van der Waals surface area contributed by atoms with Crippen molar-refractivity contribution in [1.82, 2.24) is 9.61 Å². The summed E-state index contributed by atoms with van der Waals surface area (Å²) in [5.74, 6) is -0.289. The molecule has 31 heavy (non-hydrogen) atoms. The minimum Gasteiger partial charge on any atom is -0.462 e. The van der Waals surface area contributed by atoms with Gasteiger partial charge < -0.3 is 9.64 Å². The van der Waals surface area contributed by atoms with Crippen LogP contribution in [0.1, 0.15) is 34.8 Å². The largest absolute Gasteiger partial charge is 0.462 e. The number of hydrogen-bond donors (Lipinski definition) is 0. The highest BCUT2D eigenvalue weighted by molar-refractivity contribution is 5.91. The molecule has 1 aliphatic heterocycles. The van der Waals surface area contributed by atoms with Crippen molar-refractivity contribution in [3.8, 4) is 11.1 Å². The van der Waals surface area contributed by atoms with Gasteiger partial charge in [0.15, 0.2) is 0 Å². The lowest BCUT2D eigenvalue weighted by Crippen LogP contribution is -2.29. The van der Waals surface area contributed by atoms with Gasteiger partial charge in [0.05, 0.1) is 23.9 Å². The highest BCUT2D eigenvalue weighted by atomic mass is 16.5. The van der Waals surface area contributed by atoms with Gasteiger partial charge in [-0.15, -0.1) is 0 Å². The molecule has 3 heterocycles. The summed E-state index contributed by atoms with van der Waals surface area (Å²) in [6.45, 7) is 4.15. The van der Waals surface area contributed by atoms with Gasteiger partial charge in [0, 0.05) is 36.1 Å². The summed E-state index contributed by atoms with van der Waals surface area (Å²) < 4.78 is 7.07. The van der Waals surface area contributed by atoms with Crippen molar-refractivity contribution in [1.29, 1.82) is 0 Å². The van der Waals surface area contributed by atoms with E-state index in [0.717, 1.165) is 42.6 Å². The summed E-state index contributed by atoms with van der Waals surface area (Å²) in [7, 11) is 0. The number of fused-ring (bicyclic) bond motifs is 3. The predicted molar refractivity (Wildman–Crippen MR) is 122 cm³/mol. The van der Waals surface area contributed by atoms with Gasteiger partial charge in [-0.25, -0.2) is 9.31 Å². The van der Waals surface area contributed by atoms with E-state index in [1.54, 1.807) is 0 Å². The fraction of sp³-hybridized carbons (Fsp3) is 0.231. The lowest BCUT2D eigenvalue weighted by Gasteiger charge is -2.32. The van der Waals surface area contributed by atoms with E-state index in [2.05, 4.69) is 46.4 Å². The van der Waals surface area contributed by atoms with E-state index in [1.165, 1.54) is 16.8 Å². The molecular formula is C26H25N3O2. The second-order valence-electron chi connectivity index (χ2n) is 7.84. The van der Waals surface area contributed by atoms with Crippen molar-refractivity contribution in [3.05, 3.63) is 89.7 Å². The lowest BCUT2D eigenvalue weighted by atomic mass is 9.97. The molecule has 5 heteroatoms. The lowest BCUT2D eigenvalue weighted by molar-refractivity contribution is 0.0526. The van der Waals surface area contributed by atoms with E-state index >= 15 is 0 Å². The number of aromatic nitrogens is 2. The average Bonchev–Trinajstić information content (AvgIpc) is 3.25. The van der Waals surface area contributed by atoms with Crippen LogP contribution in [0.3, 0.4) is 0 Å². The van der Waals surface area contributed by atoms with Gasteiger partial charge in [0.1, 0.15) is 0 Å². The fourth-order valence-electron chi connectivity index (χ4n) is 4.43. The van der Waals surface area contributed by atoms with E-state index in [9.17, 15) is 4.79 Å². The Morgan fingerprint density at radius 1 is 1.06 bits per heavy atom. The number of rotatable bonds is 5. The number of nitrogens with zero attached hydrogens (tertiary/aromatic N) is 3. The zero-order valence-electron chi connectivity index (χ0n) is 17.6. The Morgan fingerprint density at radius 2 is 1.87 bits per heavy atom. The molecule has 1 aliphatic rings. The normalized spacial score (nSPS) is 13.3. The number of carbonyl (C=O) groups excluding carboxylic acids is 1. The molecule has 0 saturated carbocycles. The number of benzene rings is 2. The third-order valence-corrected chi connectivity index (χ3v) is 5.88. The first-order chi connectivity index (χ1) is 15.2. The number of pyridine rings is 1. The summed E-state index contributed by atoms with van der Waals surface area (Å²) in [5.41, 5.74) is 7.81. The van der Waals surface area contributed by atoms with Gasteiger partial charge in [-0.2, -0.15) is 5.10 Å². The molecule has 0 N–H and O–H groups in total. The average molecular weight is 412 g/mol. The van der Waals surface area contributed by atoms with Crippen molar-refractivity contribution in [2.24, 2.45) is 0 Å². The molecular weight excluding hydrogens is 386 g/mol. The minimum atomic E-state index is -0.289. The second kappa shape index (κ2) is 8.26. The molecule has 0 bridgehead atoms.